The van der Waals surface area contributed by atoms with Gasteiger partial charge in [0.05, 0.1) is 12.1 Å². The molecule has 0 spiro atoms. The molecule has 2 heterocycles. The van der Waals surface area contributed by atoms with Crippen molar-refractivity contribution in [3.8, 4) is 0 Å². The Bertz CT molecular complexity index is 1140. The smallest absolute Gasteiger partial charge is 0.249 e. The maximum Gasteiger partial charge on any atom is 0.249 e. The minimum Gasteiger partial charge on any atom is -0.354 e. The predicted molar refractivity (Wildman–Crippen MR) is 185 cm³/mol. The first-order chi connectivity index (χ1) is 21.6. The van der Waals surface area contributed by atoms with Crippen LogP contribution >= 0.6 is 0 Å². The van der Waals surface area contributed by atoms with Gasteiger partial charge in [-0.05, 0) is 96.4 Å². The van der Waals surface area contributed by atoms with Gasteiger partial charge in [0.1, 0.15) is 12.1 Å². The summed E-state index contributed by atoms with van der Waals surface area (Å²) >= 11 is 0. The average molecular weight is 642 g/mol. The highest BCUT2D eigenvalue weighted by Gasteiger charge is 2.40. The first kappa shape index (κ1) is 37.8. The van der Waals surface area contributed by atoms with Crippen LogP contribution in [0.15, 0.2) is 23.3 Å². The molecule has 2 N–H and O–H groups in total. The molecule has 9 nitrogen and oxygen atoms in total. The van der Waals surface area contributed by atoms with E-state index in [1.165, 1.54) is 18.4 Å². The fraction of sp³-hybridized carbons (Fsp3) is 0.784. The molecule has 9 heteroatoms. The molecule has 1 aliphatic carbocycles. The Kier molecular flexibility index (Phi) is 13.9. The van der Waals surface area contributed by atoms with Crippen molar-refractivity contribution in [3.05, 3.63) is 23.3 Å². The lowest BCUT2D eigenvalue weighted by molar-refractivity contribution is -0.142. The van der Waals surface area contributed by atoms with Crippen LogP contribution in [0.2, 0.25) is 0 Å². The van der Waals surface area contributed by atoms with E-state index in [1.807, 2.05) is 40.7 Å². The first-order valence-electron chi connectivity index (χ1n) is 17.9. The summed E-state index contributed by atoms with van der Waals surface area (Å²) in [5, 5.41) is 6.23. The topological polar surface area (TPSA) is 102 Å². The molecule has 0 unspecified atom stereocenters. The van der Waals surface area contributed by atoms with Crippen molar-refractivity contribution < 1.29 is 19.2 Å². The molecule has 2 fully saturated rings. The third-order valence-electron chi connectivity index (χ3n) is 10.1. The van der Waals surface area contributed by atoms with Gasteiger partial charge >= 0.3 is 0 Å². The number of carbonyl (C=O) groups excluding carboxylic acids is 4. The van der Waals surface area contributed by atoms with Crippen LogP contribution in [0.3, 0.4) is 0 Å². The summed E-state index contributed by atoms with van der Waals surface area (Å²) in [5.74, 6) is -0.484. The van der Waals surface area contributed by atoms with E-state index >= 15 is 0 Å². The van der Waals surface area contributed by atoms with Gasteiger partial charge in [0, 0.05) is 31.8 Å². The molecule has 46 heavy (non-hydrogen) atoms. The predicted octanol–water partition coefficient (Wildman–Crippen LogP) is 5.21. The van der Waals surface area contributed by atoms with Crippen molar-refractivity contribution in [2.24, 2.45) is 11.3 Å². The molecule has 0 aromatic carbocycles. The van der Waals surface area contributed by atoms with Gasteiger partial charge in [-0.15, -0.1) is 0 Å². The fourth-order valence-corrected chi connectivity index (χ4v) is 7.27. The third kappa shape index (κ3) is 9.91. The zero-order chi connectivity index (χ0) is 34.2. The Morgan fingerprint density at radius 2 is 1.65 bits per heavy atom. The van der Waals surface area contributed by atoms with E-state index in [0.717, 1.165) is 51.5 Å². The number of hydrogen-bond donors (Lipinski definition) is 2. The minimum atomic E-state index is -0.720. The largest absolute Gasteiger partial charge is 0.354 e. The molecule has 260 valence electrons. The van der Waals surface area contributed by atoms with E-state index in [0.29, 0.717) is 25.1 Å². The second-order valence-corrected chi connectivity index (χ2v) is 15.5. The van der Waals surface area contributed by atoms with Gasteiger partial charge in [0.25, 0.3) is 0 Å². The quantitative estimate of drug-likeness (QED) is 0.225. The Labute approximate surface area is 279 Å². The molecule has 0 aromatic rings. The van der Waals surface area contributed by atoms with Crippen LogP contribution < -0.4 is 10.6 Å². The van der Waals surface area contributed by atoms with Crippen LogP contribution in [-0.2, 0) is 19.2 Å². The summed E-state index contributed by atoms with van der Waals surface area (Å²) in [5.41, 5.74) is 1.43. The van der Waals surface area contributed by atoms with Crippen molar-refractivity contribution >= 4 is 23.6 Å². The van der Waals surface area contributed by atoms with Crippen molar-refractivity contribution in [1.82, 2.24) is 25.3 Å². The number of likely N-dealkylation sites (tertiary alicyclic amines) is 2. The van der Waals surface area contributed by atoms with Crippen LogP contribution in [-0.4, -0.2) is 95.2 Å². The van der Waals surface area contributed by atoms with Gasteiger partial charge in [0.15, 0.2) is 0 Å². The zero-order valence-corrected chi connectivity index (χ0v) is 30.3. The van der Waals surface area contributed by atoms with Crippen molar-refractivity contribution in [3.63, 3.8) is 0 Å². The van der Waals surface area contributed by atoms with Gasteiger partial charge in [-0.2, -0.15) is 0 Å². The lowest BCUT2D eigenvalue weighted by Gasteiger charge is -2.41. The fourth-order valence-electron chi connectivity index (χ4n) is 7.27. The molecule has 0 saturated carbocycles. The van der Waals surface area contributed by atoms with E-state index in [-0.39, 0.29) is 47.7 Å². The maximum atomic E-state index is 14.1. The summed E-state index contributed by atoms with van der Waals surface area (Å²) < 4.78 is 0. The second-order valence-electron chi connectivity index (χ2n) is 15.5. The van der Waals surface area contributed by atoms with Gasteiger partial charge in [-0.25, -0.2) is 0 Å². The highest BCUT2D eigenvalue weighted by Crippen LogP contribution is 2.27. The minimum absolute atomic E-state index is 0.0227. The van der Waals surface area contributed by atoms with Gasteiger partial charge < -0.3 is 20.4 Å². The Morgan fingerprint density at radius 1 is 0.957 bits per heavy atom. The summed E-state index contributed by atoms with van der Waals surface area (Å²) in [4.78, 5) is 60.3. The van der Waals surface area contributed by atoms with Crippen LogP contribution in [0.5, 0.6) is 0 Å². The van der Waals surface area contributed by atoms with Crippen LogP contribution in [0.1, 0.15) is 120 Å². The van der Waals surface area contributed by atoms with Crippen LogP contribution in [0, 0.1) is 11.3 Å². The molecule has 0 aromatic heterocycles. The number of carbonyl (C=O) groups is 4. The first-order valence-corrected chi connectivity index (χ1v) is 17.9. The van der Waals surface area contributed by atoms with E-state index in [9.17, 15) is 19.2 Å². The number of amides is 4. The summed E-state index contributed by atoms with van der Waals surface area (Å²) in [6.45, 7) is 18.0. The molecular formula is C37H63N5O4. The molecule has 4 amide bonds. The normalized spacial score (nSPS) is 22.8. The SMILES string of the molecule is CC(=C[C@H](C(C)C)N(C)C(=O)[C@@H](NC(=O)[C@H]1CCCCN1C(C)C)C(C)(C)C)C(=O)N1CCC[C@H]1C(=O)NCCC1=CCCCC1. The summed E-state index contributed by atoms with van der Waals surface area (Å²) in [6, 6.07) is -1.55. The van der Waals surface area contributed by atoms with Crippen molar-refractivity contribution in [1.29, 1.82) is 0 Å². The average Bonchev–Trinajstić information content (AvgIpc) is 3.51. The number of likely N-dealkylation sites (N-methyl/N-ethyl adjacent to an activating group) is 1. The molecule has 4 atom stereocenters. The van der Waals surface area contributed by atoms with Gasteiger partial charge in [-0.3, -0.25) is 24.1 Å². The molecular weight excluding hydrogens is 578 g/mol. The Balaban J connectivity index is 1.71. The van der Waals surface area contributed by atoms with Crippen molar-refractivity contribution in [2.75, 3.05) is 26.7 Å². The Morgan fingerprint density at radius 3 is 2.26 bits per heavy atom. The number of nitrogens with one attached hydrogen (secondary N) is 2. The second kappa shape index (κ2) is 16.9. The third-order valence-corrected chi connectivity index (χ3v) is 10.1. The maximum absolute atomic E-state index is 14.1. The van der Waals surface area contributed by atoms with Gasteiger partial charge in [0.2, 0.25) is 23.6 Å². The lowest BCUT2D eigenvalue weighted by atomic mass is 9.84. The number of nitrogens with zero attached hydrogens (tertiary/aromatic N) is 3. The van der Waals surface area contributed by atoms with Crippen LogP contribution in [0.25, 0.3) is 0 Å². The van der Waals surface area contributed by atoms with E-state index < -0.39 is 17.5 Å². The standard InChI is InChI=1S/C37H63N5O4/c1-25(2)31(40(9)36(46)32(37(6,7)8)39-34(44)30-18-13-14-22-41(30)26(3)4)24-27(5)35(45)42-23-15-19-29(42)33(43)38-21-20-28-16-11-10-12-17-28/h16,24-26,29-32H,10-15,17-23H2,1-9H3,(H,38,43)(H,39,44)/t29-,30+,31+,32+/m0/s1. The highest BCUT2D eigenvalue weighted by atomic mass is 16.2. The van der Waals surface area contributed by atoms with Crippen molar-refractivity contribution in [2.45, 2.75) is 150 Å². The zero-order valence-electron chi connectivity index (χ0n) is 30.3. The number of rotatable bonds is 12. The number of piperidine rings is 1. The monoisotopic (exact) mass is 641 g/mol. The number of allylic oxidation sites excluding steroid dienone is 1. The molecule has 2 aliphatic heterocycles. The lowest BCUT2D eigenvalue weighted by Crippen LogP contribution is -2.60. The van der Waals surface area contributed by atoms with Crippen LogP contribution in [0.4, 0.5) is 0 Å². The van der Waals surface area contributed by atoms with Gasteiger partial charge in [-0.1, -0.05) is 58.8 Å². The summed E-state index contributed by atoms with van der Waals surface area (Å²) in [6.07, 6.45) is 14.1. The number of hydrogen-bond acceptors (Lipinski definition) is 5. The van der Waals surface area contributed by atoms with E-state index in [1.54, 1.807) is 23.8 Å². The Hall–Kier alpha value is -2.68. The molecule has 0 radical (unpaired) electrons. The summed E-state index contributed by atoms with van der Waals surface area (Å²) in [7, 11) is 1.76. The molecule has 3 rings (SSSR count). The molecule has 3 aliphatic rings. The highest BCUT2D eigenvalue weighted by molar-refractivity contribution is 5.97. The van der Waals surface area contributed by atoms with E-state index in [2.05, 4.69) is 35.5 Å². The van der Waals surface area contributed by atoms with E-state index in [4.69, 9.17) is 0 Å². The molecule has 2 saturated heterocycles. The molecule has 0 bridgehead atoms.